The molecule has 0 spiro atoms. The molecule has 122 valence electrons. The van der Waals surface area contributed by atoms with E-state index in [2.05, 4.69) is 17.6 Å². The summed E-state index contributed by atoms with van der Waals surface area (Å²) >= 11 is 0. The fourth-order valence-corrected chi connectivity index (χ4v) is 2.81. The molecule has 2 heterocycles. The lowest BCUT2D eigenvalue weighted by molar-refractivity contribution is -0.133. The van der Waals surface area contributed by atoms with Crippen molar-refractivity contribution in [3.63, 3.8) is 0 Å². The molecule has 2 atom stereocenters. The van der Waals surface area contributed by atoms with Gasteiger partial charge in [-0.15, -0.1) is 0 Å². The summed E-state index contributed by atoms with van der Waals surface area (Å²) < 4.78 is 0. The smallest absolute Gasteiger partial charge is 0.243 e. The van der Waals surface area contributed by atoms with Crippen LogP contribution in [0.5, 0.6) is 0 Å². The summed E-state index contributed by atoms with van der Waals surface area (Å²) in [6, 6.07) is -0.181. The molecule has 2 rings (SSSR count). The van der Waals surface area contributed by atoms with Crippen molar-refractivity contribution in [2.45, 2.75) is 45.1 Å². The Kier molecular flexibility index (Phi) is 5.98. The largest absolute Gasteiger partial charge is 0.350 e. The van der Waals surface area contributed by atoms with Gasteiger partial charge in [0.15, 0.2) is 0 Å². The predicted molar refractivity (Wildman–Crippen MR) is 82.9 cm³/mol. The third kappa shape index (κ3) is 5.16. The molecule has 0 radical (unpaired) electrons. The van der Waals surface area contributed by atoms with Gasteiger partial charge in [0.25, 0.3) is 0 Å². The minimum Gasteiger partial charge on any atom is -0.350 e. The molecule has 6 nitrogen and oxygen atoms in total. The van der Waals surface area contributed by atoms with Gasteiger partial charge in [0, 0.05) is 38.6 Å². The van der Waals surface area contributed by atoms with Crippen molar-refractivity contribution in [2.24, 2.45) is 5.92 Å². The highest BCUT2D eigenvalue weighted by molar-refractivity contribution is 5.89. The number of rotatable bonds is 4. The number of hydrogen-bond acceptors (Lipinski definition) is 3. The van der Waals surface area contributed by atoms with Crippen molar-refractivity contribution in [3.8, 4) is 0 Å². The van der Waals surface area contributed by atoms with Crippen LogP contribution >= 0.6 is 0 Å². The van der Waals surface area contributed by atoms with E-state index < -0.39 is 0 Å². The zero-order chi connectivity index (χ0) is 15.9. The van der Waals surface area contributed by atoms with E-state index >= 15 is 0 Å². The van der Waals surface area contributed by atoms with Crippen LogP contribution in [0.1, 0.15) is 39.0 Å². The summed E-state index contributed by atoms with van der Waals surface area (Å²) in [5.41, 5.74) is 0. The molecule has 0 bridgehead atoms. The Hall–Kier alpha value is -1.85. The van der Waals surface area contributed by atoms with E-state index in [4.69, 9.17) is 0 Å². The van der Waals surface area contributed by atoms with Crippen LogP contribution in [-0.4, -0.2) is 48.3 Å². The second kappa shape index (κ2) is 7.96. The molecule has 2 aliphatic heterocycles. The van der Waals surface area contributed by atoms with Gasteiger partial charge in [-0.1, -0.05) is 13.0 Å². The number of nitrogens with one attached hydrogen (secondary N) is 2. The topological polar surface area (TPSA) is 78.5 Å². The first-order valence-corrected chi connectivity index (χ1v) is 8.08. The first-order valence-electron chi connectivity index (χ1n) is 8.08. The molecule has 0 aromatic heterocycles. The van der Waals surface area contributed by atoms with Crippen LogP contribution in [0, 0.1) is 5.92 Å². The van der Waals surface area contributed by atoms with Crippen LogP contribution in [0.15, 0.2) is 12.2 Å². The summed E-state index contributed by atoms with van der Waals surface area (Å²) in [7, 11) is 0. The van der Waals surface area contributed by atoms with E-state index in [1.807, 2.05) is 4.90 Å². The SMILES string of the molecule is CC1CCCN(C(=O)CCC(=O)NC2C=CC(=O)NC2)CC1. The Labute approximate surface area is 131 Å². The lowest BCUT2D eigenvalue weighted by atomic mass is 10.0. The van der Waals surface area contributed by atoms with Gasteiger partial charge in [-0.3, -0.25) is 14.4 Å². The highest BCUT2D eigenvalue weighted by atomic mass is 16.2. The molecule has 2 aliphatic rings. The quantitative estimate of drug-likeness (QED) is 0.798. The van der Waals surface area contributed by atoms with Crippen molar-refractivity contribution >= 4 is 17.7 Å². The fourth-order valence-electron chi connectivity index (χ4n) is 2.81. The van der Waals surface area contributed by atoms with Crippen molar-refractivity contribution in [1.29, 1.82) is 0 Å². The van der Waals surface area contributed by atoms with Gasteiger partial charge < -0.3 is 15.5 Å². The average Bonchev–Trinajstić information content (AvgIpc) is 2.72. The van der Waals surface area contributed by atoms with Crippen molar-refractivity contribution in [2.75, 3.05) is 19.6 Å². The number of carbonyl (C=O) groups excluding carboxylic acids is 3. The lowest BCUT2D eigenvalue weighted by Gasteiger charge is -2.21. The van der Waals surface area contributed by atoms with Crippen molar-refractivity contribution < 1.29 is 14.4 Å². The van der Waals surface area contributed by atoms with E-state index in [1.54, 1.807) is 6.08 Å². The third-order valence-electron chi connectivity index (χ3n) is 4.26. The molecule has 22 heavy (non-hydrogen) atoms. The van der Waals surface area contributed by atoms with Crippen LogP contribution in [0.2, 0.25) is 0 Å². The Balaban J connectivity index is 1.70. The number of nitrogens with zero attached hydrogens (tertiary/aromatic N) is 1. The molecule has 1 saturated heterocycles. The second-order valence-corrected chi connectivity index (χ2v) is 6.20. The Bertz CT molecular complexity index is 462. The maximum Gasteiger partial charge on any atom is 0.243 e. The molecule has 6 heteroatoms. The molecule has 0 aromatic carbocycles. The summed E-state index contributed by atoms with van der Waals surface area (Å²) in [4.78, 5) is 36.9. The lowest BCUT2D eigenvalue weighted by Crippen LogP contribution is -2.45. The van der Waals surface area contributed by atoms with Crippen molar-refractivity contribution in [1.82, 2.24) is 15.5 Å². The Morgan fingerprint density at radius 1 is 1.32 bits per heavy atom. The van der Waals surface area contributed by atoms with Gasteiger partial charge in [-0.2, -0.15) is 0 Å². The van der Waals surface area contributed by atoms with Gasteiger partial charge in [0.1, 0.15) is 0 Å². The zero-order valence-electron chi connectivity index (χ0n) is 13.1. The Morgan fingerprint density at radius 2 is 2.14 bits per heavy atom. The highest BCUT2D eigenvalue weighted by Crippen LogP contribution is 2.17. The van der Waals surface area contributed by atoms with Gasteiger partial charge >= 0.3 is 0 Å². The van der Waals surface area contributed by atoms with Crippen LogP contribution in [0.3, 0.4) is 0 Å². The number of hydrogen-bond donors (Lipinski definition) is 2. The molecule has 0 saturated carbocycles. The first kappa shape index (κ1) is 16.5. The summed E-state index contributed by atoms with van der Waals surface area (Å²) in [6.45, 7) is 4.23. The van der Waals surface area contributed by atoms with Crippen LogP contribution in [0.4, 0.5) is 0 Å². The molecule has 2 N–H and O–H groups in total. The summed E-state index contributed by atoms with van der Waals surface area (Å²) in [6.07, 6.45) is 6.80. The molecule has 1 fully saturated rings. The number of carbonyl (C=O) groups is 3. The molecule has 0 aliphatic carbocycles. The van der Waals surface area contributed by atoms with E-state index in [1.165, 1.54) is 12.5 Å². The minimum absolute atomic E-state index is 0.0664. The summed E-state index contributed by atoms with van der Waals surface area (Å²) in [5.74, 6) is 0.449. The van der Waals surface area contributed by atoms with E-state index in [0.29, 0.717) is 12.5 Å². The Morgan fingerprint density at radius 3 is 2.86 bits per heavy atom. The van der Waals surface area contributed by atoms with Crippen molar-refractivity contribution in [3.05, 3.63) is 12.2 Å². The van der Waals surface area contributed by atoms with Gasteiger partial charge in [-0.05, 0) is 25.2 Å². The molecule has 3 amide bonds. The van der Waals surface area contributed by atoms with Crippen LogP contribution < -0.4 is 10.6 Å². The number of likely N-dealkylation sites (tertiary alicyclic amines) is 1. The van der Waals surface area contributed by atoms with Gasteiger partial charge in [-0.25, -0.2) is 0 Å². The van der Waals surface area contributed by atoms with E-state index in [-0.39, 0.29) is 36.6 Å². The monoisotopic (exact) mass is 307 g/mol. The van der Waals surface area contributed by atoms with Gasteiger partial charge in [0.05, 0.1) is 6.04 Å². The second-order valence-electron chi connectivity index (χ2n) is 6.20. The zero-order valence-corrected chi connectivity index (χ0v) is 13.1. The average molecular weight is 307 g/mol. The van der Waals surface area contributed by atoms with E-state index in [9.17, 15) is 14.4 Å². The fraction of sp³-hybridized carbons (Fsp3) is 0.688. The van der Waals surface area contributed by atoms with Crippen LogP contribution in [-0.2, 0) is 14.4 Å². The maximum atomic E-state index is 12.2. The first-order chi connectivity index (χ1) is 10.5. The number of amides is 3. The minimum atomic E-state index is -0.181. The van der Waals surface area contributed by atoms with Gasteiger partial charge in [0.2, 0.25) is 17.7 Å². The normalized spacial score (nSPS) is 25.3. The molecule has 2 unspecified atom stereocenters. The predicted octanol–water partition coefficient (Wildman–Crippen LogP) is 0.586. The van der Waals surface area contributed by atoms with E-state index in [0.717, 1.165) is 25.9 Å². The standard InChI is InChI=1S/C16H25N3O3/c1-12-3-2-9-19(10-8-12)16(22)7-6-15(21)18-13-4-5-14(20)17-11-13/h4-5,12-13H,2-3,6-11H2,1H3,(H,17,20)(H,18,21). The molecular formula is C16H25N3O3. The highest BCUT2D eigenvalue weighted by Gasteiger charge is 2.20. The maximum absolute atomic E-state index is 12.2. The third-order valence-corrected chi connectivity index (χ3v) is 4.26. The van der Waals surface area contributed by atoms with Crippen LogP contribution in [0.25, 0.3) is 0 Å². The molecular weight excluding hydrogens is 282 g/mol. The summed E-state index contributed by atoms with van der Waals surface area (Å²) in [5, 5.41) is 5.46. The molecule has 0 aromatic rings.